The van der Waals surface area contributed by atoms with Gasteiger partial charge in [0.05, 0.1) is 26.5 Å². The summed E-state index contributed by atoms with van der Waals surface area (Å²) < 4.78 is 11.6. The van der Waals surface area contributed by atoms with Crippen LogP contribution in [0, 0.1) is 0 Å². The van der Waals surface area contributed by atoms with Crippen molar-refractivity contribution in [3.05, 3.63) is 58.1 Å². The van der Waals surface area contributed by atoms with Gasteiger partial charge in [-0.1, -0.05) is 34.1 Å². The Hall–Kier alpha value is -2.01. The second kappa shape index (κ2) is 7.84. The maximum absolute atomic E-state index is 5.29. The van der Waals surface area contributed by atoms with Crippen LogP contribution in [-0.2, 0) is 6.54 Å². The topological polar surface area (TPSA) is 42.8 Å². The van der Waals surface area contributed by atoms with Gasteiger partial charge in [0, 0.05) is 4.47 Å². The second-order valence-electron chi connectivity index (χ2n) is 4.73. The number of methoxy groups -OCH3 is 2. The minimum Gasteiger partial charge on any atom is -0.493 e. The number of rotatable bonds is 6. The van der Waals surface area contributed by atoms with Gasteiger partial charge in [-0.05, 0) is 42.3 Å². The van der Waals surface area contributed by atoms with Crippen molar-refractivity contribution in [2.75, 3.05) is 14.2 Å². The van der Waals surface area contributed by atoms with E-state index in [1.54, 1.807) is 14.2 Å². The van der Waals surface area contributed by atoms with Crippen molar-refractivity contribution >= 4 is 21.6 Å². The van der Waals surface area contributed by atoms with Crippen molar-refractivity contribution in [3.8, 4) is 11.5 Å². The van der Waals surface area contributed by atoms with Crippen molar-refractivity contribution < 1.29 is 9.47 Å². The summed E-state index contributed by atoms with van der Waals surface area (Å²) in [6, 6.07) is 13.9. The molecule has 0 saturated heterocycles. The summed E-state index contributed by atoms with van der Waals surface area (Å²) in [6.07, 6.45) is 0. The van der Waals surface area contributed by atoms with Gasteiger partial charge in [0.1, 0.15) is 0 Å². The van der Waals surface area contributed by atoms with Crippen LogP contribution in [-0.4, -0.2) is 19.9 Å². The van der Waals surface area contributed by atoms with Crippen LogP contribution in [0.5, 0.6) is 11.5 Å². The van der Waals surface area contributed by atoms with E-state index in [4.69, 9.17) is 9.47 Å². The van der Waals surface area contributed by atoms with Crippen LogP contribution in [0.3, 0.4) is 0 Å². The molecule has 1 N–H and O–H groups in total. The van der Waals surface area contributed by atoms with Crippen molar-refractivity contribution in [1.82, 2.24) is 5.43 Å². The Morgan fingerprint density at radius 1 is 1.05 bits per heavy atom. The van der Waals surface area contributed by atoms with E-state index < -0.39 is 0 Å². The predicted octanol–water partition coefficient (Wildman–Crippen LogP) is 3.98. The minimum absolute atomic E-state index is 0.619. The molecule has 22 heavy (non-hydrogen) atoms. The summed E-state index contributed by atoms with van der Waals surface area (Å²) in [5, 5.41) is 4.40. The van der Waals surface area contributed by atoms with Crippen molar-refractivity contribution in [2.24, 2.45) is 5.10 Å². The largest absolute Gasteiger partial charge is 0.493 e. The number of halogens is 1. The molecule has 0 aromatic heterocycles. The van der Waals surface area contributed by atoms with Gasteiger partial charge in [-0.25, -0.2) is 0 Å². The van der Waals surface area contributed by atoms with Gasteiger partial charge in [-0.2, -0.15) is 5.10 Å². The Morgan fingerprint density at radius 2 is 1.73 bits per heavy atom. The maximum atomic E-state index is 5.29. The molecular formula is C17H19BrN2O2. The number of benzene rings is 2. The van der Waals surface area contributed by atoms with Crippen LogP contribution < -0.4 is 14.9 Å². The molecular weight excluding hydrogens is 344 g/mol. The lowest BCUT2D eigenvalue weighted by atomic mass is 10.1. The first-order valence-electron chi connectivity index (χ1n) is 6.88. The predicted molar refractivity (Wildman–Crippen MR) is 92.7 cm³/mol. The average molecular weight is 363 g/mol. The fraction of sp³-hybridized carbons (Fsp3) is 0.235. The van der Waals surface area contributed by atoms with Gasteiger partial charge in [-0.3, -0.25) is 0 Å². The van der Waals surface area contributed by atoms with Crippen molar-refractivity contribution in [2.45, 2.75) is 13.5 Å². The van der Waals surface area contributed by atoms with E-state index >= 15 is 0 Å². The Bertz CT molecular complexity index is 654. The van der Waals surface area contributed by atoms with Gasteiger partial charge in [0.25, 0.3) is 0 Å². The molecule has 0 aliphatic heterocycles. The van der Waals surface area contributed by atoms with E-state index in [9.17, 15) is 0 Å². The number of ether oxygens (including phenoxy) is 2. The van der Waals surface area contributed by atoms with Crippen LogP contribution in [0.4, 0.5) is 0 Å². The first-order chi connectivity index (χ1) is 10.6. The minimum atomic E-state index is 0.619. The Balaban J connectivity index is 2.00. The van der Waals surface area contributed by atoms with Gasteiger partial charge in [-0.15, -0.1) is 0 Å². The third-order valence-corrected chi connectivity index (χ3v) is 3.77. The van der Waals surface area contributed by atoms with Crippen LogP contribution in [0.2, 0.25) is 0 Å². The van der Waals surface area contributed by atoms with E-state index in [2.05, 4.69) is 26.5 Å². The van der Waals surface area contributed by atoms with E-state index in [0.29, 0.717) is 6.54 Å². The third-order valence-electron chi connectivity index (χ3n) is 3.24. The summed E-state index contributed by atoms with van der Waals surface area (Å²) in [5.74, 6) is 1.44. The zero-order valence-corrected chi connectivity index (χ0v) is 14.5. The SMILES string of the molecule is COc1ccc(CN/N=C(/C)c2ccc(Br)cc2)cc1OC. The second-order valence-corrected chi connectivity index (χ2v) is 5.64. The molecule has 5 heteroatoms. The fourth-order valence-electron chi connectivity index (χ4n) is 2.00. The molecule has 0 unspecified atom stereocenters. The molecule has 0 fully saturated rings. The van der Waals surface area contributed by atoms with Crippen molar-refractivity contribution in [3.63, 3.8) is 0 Å². The molecule has 0 heterocycles. The third kappa shape index (κ3) is 4.24. The lowest BCUT2D eigenvalue weighted by molar-refractivity contribution is 0.354. The highest BCUT2D eigenvalue weighted by molar-refractivity contribution is 9.10. The highest BCUT2D eigenvalue weighted by Crippen LogP contribution is 2.27. The highest BCUT2D eigenvalue weighted by Gasteiger charge is 2.04. The zero-order chi connectivity index (χ0) is 15.9. The fourth-order valence-corrected chi connectivity index (χ4v) is 2.26. The molecule has 4 nitrogen and oxygen atoms in total. The Kier molecular flexibility index (Phi) is 5.83. The maximum Gasteiger partial charge on any atom is 0.161 e. The van der Waals surface area contributed by atoms with Crippen LogP contribution in [0.1, 0.15) is 18.1 Å². The van der Waals surface area contributed by atoms with E-state index in [0.717, 1.165) is 32.8 Å². The van der Waals surface area contributed by atoms with E-state index in [-0.39, 0.29) is 0 Å². The first-order valence-corrected chi connectivity index (χ1v) is 7.67. The van der Waals surface area contributed by atoms with Crippen LogP contribution in [0.15, 0.2) is 52.0 Å². The molecule has 116 valence electrons. The smallest absolute Gasteiger partial charge is 0.161 e. The molecule has 0 atom stereocenters. The molecule has 2 aromatic carbocycles. The van der Waals surface area contributed by atoms with Crippen LogP contribution in [0.25, 0.3) is 0 Å². The lowest BCUT2D eigenvalue weighted by Gasteiger charge is -2.09. The molecule has 0 saturated carbocycles. The standard InChI is InChI=1S/C17H19BrN2O2/c1-12(14-5-7-15(18)8-6-14)20-19-11-13-4-9-16(21-2)17(10-13)22-3/h4-10,19H,11H2,1-3H3/b20-12-. The molecule has 0 radical (unpaired) electrons. The molecule has 0 spiro atoms. The average Bonchev–Trinajstić information content (AvgIpc) is 2.55. The van der Waals surface area contributed by atoms with Gasteiger partial charge >= 0.3 is 0 Å². The summed E-state index contributed by atoms with van der Waals surface area (Å²) in [7, 11) is 3.26. The van der Waals surface area contributed by atoms with Crippen molar-refractivity contribution in [1.29, 1.82) is 0 Å². The lowest BCUT2D eigenvalue weighted by Crippen LogP contribution is -2.09. The normalized spacial score (nSPS) is 11.2. The van der Waals surface area contributed by atoms with Gasteiger partial charge in [0.2, 0.25) is 0 Å². The van der Waals surface area contributed by atoms with E-state index in [1.807, 2.05) is 49.4 Å². The summed E-state index contributed by atoms with van der Waals surface area (Å²) >= 11 is 3.43. The van der Waals surface area contributed by atoms with E-state index in [1.165, 1.54) is 0 Å². The molecule has 0 bridgehead atoms. The van der Waals surface area contributed by atoms with Crippen LogP contribution >= 0.6 is 15.9 Å². The Morgan fingerprint density at radius 3 is 2.36 bits per heavy atom. The quantitative estimate of drug-likeness (QED) is 0.624. The zero-order valence-electron chi connectivity index (χ0n) is 12.9. The Labute approximate surface area is 139 Å². The van der Waals surface area contributed by atoms with Gasteiger partial charge < -0.3 is 14.9 Å². The summed E-state index contributed by atoms with van der Waals surface area (Å²) in [5.41, 5.74) is 6.18. The molecule has 0 aliphatic rings. The number of nitrogens with zero attached hydrogens (tertiary/aromatic N) is 1. The molecule has 0 aliphatic carbocycles. The monoisotopic (exact) mass is 362 g/mol. The molecule has 2 rings (SSSR count). The summed E-state index contributed by atoms with van der Waals surface area (Å²) in [4.78, 5) is 0. The highest BCUT2D eigenvalue weighted by atomic mass is 79.9. The molecule has 0 amide bonds. The molecule has 2 aromatic rings. The summed E-state index contributed by atoms with van der Waals surface area (Å²) in [6.45, 7) is 2.60. The number of hydrogen-bond donors (Lipinski definition) is 1. The number of hydrogen-bond acceptors (Lipinski definition) is 4. The number of hydrazone groups is 1. The number of nitrogens with one attached hydrogen (secondary N) is 1. The van der Waals surface area contributed by atoms with Gasteiger partial charge in [0.15, 0.2) is 11.5 Å². The first kappa shape index (κ1) is 16.4.